The lowest BCUT2D eigenvalue weighted by Gasteiger charge is -2.04. The van der Waals surface area contributed by atoms with Crippen molar-refractivity contribution >= 4 is 38.4 Å². The molecule has 0 fully saturated rings. The first kappa shape index (κ1) is 15.0. The fourth-order valence-electron chi connectivity index (χ4n) is 1.64. The Balaban J connectivity index is 1.90. The number of ether oxygens (including phenoxy) is 1. The van der Waals surface area contributed by atoms with E-state index in [1.165, 1.54) is 11.3 Å². The minimum atomic E-state index is -0.241. The minimum Gasteiger partial charge on any atom is -0.466 e. The highest BCUT2D eigenvalue weighted by molar-refractivity contribution is 9.10. The smallest absolute Gasteiger partial charge is 0.311 e. The molecule has 0 bridgehead atoms. The molecule has 0 spiro atoms. The largest absolute Gasteiger partial charge is 0.466 e. The highest BCUT2D eigenvalue weighted by Crippen LogP contribution is 2.20. The molecule has 2 aromatic rings. The lowest BCUT2D eigenvalue weighted by molar-refractivity contribution is -0.142. The van der Waals surface area contributed by atoms with E-state index in [4.69, 9.17) is 4.74 Å². The maximum atomic E-state index is 11.4. The van der Waals surface area contributed by atoms with Gasteiger partial charge in [-0.25, -0.2) is 4.98 Å². The highest BCUT2D eigenvalue weighted by Gasteiger charge is 2.08. The zero-order valence-corrected chi connectivity index (χ0v) is 13.5. The number of rotatable bonds is 6. The first-order chi connectivity index (χ1) is 9.69. The van der Waals surface area contributed by atoms with Gasteiger partial charge < -0.3 is 10.1 Å². The fraction of sp³-hybridized carbons (Fsp3) is 0.286. The van der Waals surface area contributed by atoms with Crippen molar-refractivity contribution in [2.45, 2.75) is 19.9 Å². The molecule has 1 heterocycles. The van der Waals surface area contributed by atoms with Gasteiger partial charge in [-0.2, -0.15) is 0 Å². The third-order valence-corrected chi connectivity index (χ3v) is 4.19. The van der Waals surface area contributed by atoms with Crippen molar-refractivity contribution in [3.05, 3.63) is 45.4 Å². The molecular weight excluding hydrogens is 340 g/mol. The molecule has 0 radical (unpaired) electrons. The van der Waals surface area contributed by atoms with Gasteiger partial charge in [0.05, 0.1) is 18.7 Å². The van der Waals surface area contributed by atoms with E-state index in [1.807, 2.05) is 29.6 Å². The number of anilines is 1. The lowest BCUT2D eigenvalue weighted by Crippen LogP contribution is -2.08. The molecule has 1 N–H and O–H groups in total. The monoisotopic (exact) mass is 354 g/mol. The number of hydrogen-bond donors (Lipinski definition) is 1. The standard InChI is InChI=1S/C14H15BrN2O2S/c1-2-19-13(18)7-11-9-20-14(17-11)16-8-10-5-3-4-6-12(10)15/h3-6,9H,2,7-8H2,1H3,(H,16,17). The Morgan fingerprint density at radius 1 is 1.45 bits per heavy atom. The SMILES string of the molecule is CCOC(=O)Cc1csc(NCc2ccccc2Br)n1. The zero-order chi connectivity index (χ0) is 14.4. The van der Waals surface area contributed by atoms with Crippen LogP contribution in [0.25, 0.3) is 0 Å². The molecule has 0 amide bonds. The van der Waals surface area contributed by atoms with Gasteiger partial charge in [0.15, 0.2) is 5.13 Å². The van der Waals surface area contributed by atoms with E-state index in [-0.39, 0.29) is 12.4 Å². The number of benzene rings is 1. The molecule has 1 aromatic carbocycles. The average Bonchev–Trinajstić information content (AvgIpc) is 2.85. The van der Waals surface area contributed by atoms with E-state index in [0.717, 1.165) is 20.9 Å². The third kappa shape index (κ3) is 4.31. The van der Waals surface area contributed by atoms with E-state index in [1.54, 1.807) is 6.92 Å². The summed E-state index contributed by atoms with van der Waals surface area (Å²) in [5, 5.41) is 5.93. The molecule has 0 atom stereocenters. The van der Waals surface area contributed by atoms with Crippen LogP contribution in [0.5, 0.6) is 0 Å². The molecule has 4 nitrogen and oxygen atoms in total. The van der Waals surface area contributed by atoms with Crippen molar-refractivity contribution in [3.8, 4) is 0 Å². The summed E-state index contributed by atoms with van der Waals surface area (Å²) in [6, 6.07) is 8.03. The quantitative estimate of drug-likeness (QED) is 0.804. The lowest BCUT2D eigenvalue weighted by atomic mass is 10.2. The van der Waals surface area contributed by atoms with Gasteiger partial charge in [0, 0.05) is 16.4 Å². The van der Waals surface area contributed by atoms with Crippen LogP contribution in [0.4, 0.5) is 5.13 Å². The van der Waals surface area contributed by atoms with Crippen LogP contribution in [0.1, 0.15) is 18.2 Å². The number of aromatic nitrogens is 1. The van der Waals surface area contributed by atoms with Gasteiger partial charge >= 0.3 is 5.97 Å². The number of esters is 1. The number of hydrogen-bond acceptors (Lipinski definition) is 5. The Morgan fingerprint density at radius 2 is 2.25 bits per heavy atom. The van der Waals surface area contributed by atoms with E-state index in [9.17, 15) is 4.79 Å². The first-order valence-electron chi connectivity index (χ1n) is 6.26. The molecule has 2 rings (SSSR count). The van der Waals surface area contributed by atoms with Gasteiger partial charge in [0.2, 0.25) is 0 Å². The van der Waals surface area contributed by atoms with E-state index < -0.39 is 0 Å². The number of carbonyl (C=O) groups is 1. The molecule has 106 valence electrons. The summed E-state index contributed by atoms with van der Waals surface area (Å²) >= 11 is 5.00. The van der Waals surface area contributed by atoms with Crippen molar-refractivity contribution in [2.75, 3.05) is 11.9 Å². The first-order valence-corrected chi connectivity index (χ1v) is 7.93. The molecule has 0 aliphatic rings. The zero-order valence-electron chi connectivity index (χ0n) is 11.1. The van der Waals surface area contributed by atoms with Crippen molar-refractivity contribution in [1.29, 1.82) is 0 Å². The van der Waals surface area contributed by atoms with Crippen LogP contribution in [0, 0.1) is 0 Å². The molecule has 0 unspecified atom stereocenters. The number of carbonyl (C=O) groups excluding carboxylic acids is 1. The molecule has 0 saturated carbocycles. The van der Waals surface area contributed by atoms with Gasteiger partial charge in [0.25, 0.3) is 0 Å². The Bertz CT molecular complexity index is 586. The Labute approximate surface area is 130 Å². The van der Waals surface area contributed by atoms with Crippen molar-refractivity contribution in [3.63, 3.8) is 0 Å². The van der Waals surface area contributed by atoms with Crippen LogP contribution in [-0.4, -0.2) is 17.6 Å². The Morgan fingerprint density at radius 3 is 3.00 bits per heavy atom. The van der Waals surface area contributed by atoms with Crippen LogP contribution in [0.3, 0.4) is 0 Å². The summed E-state index contributed by atoms with van der Waals surface area (Å²) in [6.07, 6.45) is 0.223. The molecular formula is C14H15BrN2O2S. The third-order valence-electron chi connectivity index (χ3n) is 2.57. The number of nitrogens with zero attached hydrogens (tertiary/aromatic N) is 1. The van der Waals surface area contributed by atoms with Gasteiger partial charge in [-0.05, 0) is 18.6 Å². The normalized spacial score (nSPS) is 10.3. The van der Waals surface area contributed by atoms with Gasteiger partial charge in [0.1, 0.15) is 0 Å². The minimum absolute atomic E-state index is 0.223. The number of nitrogens with one attached hydrogen (secondary N) is 1. The molecule has 0 aliphatic heterocycles. The van der Waals surface area contributed by atoms with Crippen LogP contribution in [0.15, 0.2) is 34.1 Å². The molecule has 6 heteroatoms. The van der Waals surface area contributed by atoms with Crippen LogP contribution >= 0.6 is 27.3 Å². The van der Waals surface area contributed by atoms with E-state index in [0.29, 0.717) is 13.2 Å². The second-order valence-corrected chi connectivity index (χ2v) is 5.78. The summed E-state index contributed by atoms with van der Waals surface area (Å²) in [5.41, 5.74) is 1.90. The van der Waals surface area contributed by atoms with Crippen LogP contribution < -0.4 is 5.32 Å². The van der Waals surface area contributed by atoms with Gasteiger partial charge in [-0.15, -0.1) is 11.3 Å². The second kappa shape index (κ2) is 7.40. The fourth-order valence-corrected chi connectivity index (χ4v) is 2.78. The second-order valence-electron chi connectivity index (χ2n) is 4.07. The molecule has 1 aromatic heterocycles. The molecule has 0 aliphatic carbocycles. The number of halogens is 1. The van der Waals surface area contributed by atoms with Crippen LogP contribution in [0.2, 0.25) is 0 Å². The van der Waals surface area contributed by atoms with Gasteiger partial charge in [-0.3, -0.25) is 4.79 Å². The maximum absolute atomic E-state index is 11.4. The summed E-state index contributed by atoms with van der Waals surface area (Å²) < 4.78 is 5.96. The van der Waals surface area contributed by atoms with E-state index >= 15 is 0 Å². The summed E-state index contributed by atoms with van der Waals surface area (Å²) in [6.45, 7) is 2.88. The Hall–Kier alpha value is -1.40. The maximum Gasteiger partial charge on any atom is 0.311 e. The Kier molecular flexibility index (Phi) is 5.55. The van der Waals surface area contributed by atoms with E-state index in [2.05, 4.69) is 26.2 Å². The van der Waals surface area contributed by atoms with Crippen molar-refractivity contribution in [1.82, 2.24) is 4.98 Å². The highest BCUT2D eigenvalue weighted by atomic mass is 79.9. The molecule has 20 heavy (non-hydrogen) atoms. The summed E-state index contributed by atoms with van der Waals surface area (Å²) in [7, 11) is 0. The van der Waals surface area contributed by atoms with Crippen molar-refractivity contribution in [2.24, 2.45) is 0 Å². The summed E-state index contributed by atoms with van der Waals surface area (Å²) in [4.78, 5) is 15.7. The average molecular weight is 355 g/mol. The van der Waals surface area contributed by atoms with Crippen LogP contribution in [-0.2, 0) is 22.5 Å². The molecule has 0 saturated heterocycles. The topological polar surface area (TPSA) is 51.2 Å². The predicted molar refractivity (Wildman–Crippen MR) is 83.9 cm³/mol. The number of thiazole rings is 1. The summed E-state index contributed by atoms with van der Waals surface area (Å²) in [5.74, 6) is -0.241. The van der Waals surface area contributed by atoms with Gasteiger partial charge in [-0.1, -0.05) is 34.1 Å². The van der Waals surface area contributed by atoms with Crippen molar-refractivity contribution < 1.29 is 9.53 Å². The predicted octanol–water partition coefficient (Wildman–Crippen LogP) is 3.62.